The molecule has 0 fully saturated rings. The highest BCUT2D eigenvalue weighted by Crippen LogP contribution is 2.17. The number of ether oxygens (including phenoxy) is 1. The normalized spacial score (nSPS) is 11.5. The van der Waals surface area contributed by atoms with Gasteiger partial charge in [-0.2, -0.15) is 0 Å². The molecule has 1 atom stereocenters. The van der Waals surface area contributed by atoms with Gasteiger partial charge in [-0.15, -0.1) is 11.8 Å². The van der Waals surface area contributed by atoms with Crippen molar-refractivity contribution in [3.63, 3.8) is 0 Å². The molecule has 0 amide bonds. The van der Waals surface area contributed by atoms with Crippen LogP contribution in [0.15, 0.2) is 24.3 Å². The molecule has 1 aromatic carbocycles. The van der Waals surface area contributed by atoms with Crippen LogP contribution in [0.25, 0.3) is 0 Å². The molecule has 0 aliphatic carbocycles. The minimum atomic E-state index is 0.351. The average molecular weight is 231 g/mol. The third-order valence-electron chi connectivity index (χ3n) is 2.57. The summed E-state index contributed by atoms with van der Waals surface area (Å²) in [4.78, 5) is 0. The first kappa shape index (κ1) is 13.6. The van der Waals surface area contributed by atoms with Gasteiger partial charge in [0.2, 0.25) is 0 Å². The molecule has 0 saturated carbocycles. The number of hydrogen-bond acceptors (Lipinski definition) is 2. The van der Waals surface area contributed by atoms with Gasteiger partial charge < -0.3 is 10.1 Å². The second kappa shape index (κ2) is 7.76. The highest BCUT2D eigenvalue weighted by Gasteiger charge is 2.03. The van der Waals surface area contributed by atoms with Crippen molar-refractivity contribution in [1.82, 2.24) is 5.32 Å². The number of hydrogen-bond donors (Lipinski definition) is 1. The summed E-state index contributed by atoms with van der Waals surface area (Å²) < 4.78 is 5.41. The van der Waals surface area contributed by atoms with Crippen molar-refractivity contribution in [3.05, 3.63) is 29.8 Å². The van der Waals surface area contributed by atoms with E-state index in [0.29, 0.717) is 12.6 Å². The maximum Gasteiger partial charge on any atom is 0.119 e. The maximum atomic E-state index is 5.41. The van der Waals surface area contributed by atoms with E-state index in [-0.39, 0.29) is 0 Å². The van der Waals surface area contributed by atoms with Gasteiger partial charge in [0, 0.05) is 19.0 Å². The molecule has 1 N–H and O–H groups in total. The molecule has 0 aliphatic heterocycles. The first-order valence-corrected chi connectivity index (χ1v) is 6.13. The Morgan fingerprint density at radius 3 is 2.59 bits per heavy atom. The smallest absolute Gasteiger partial charge is 0.119 e. The third-order valence-corrected chi connectivity index (χ3v) is 2.57. The zero-order chi connectivity index (χ0) is 12.5. The van der Waals surface area contributed by atoms with E-state index in [2.05, 4.69) is 36.2 Å². The van der Waals surface area contributed by atoms with E-state index in [1.54, 1.807) is 0 Å². The third kappa shape index (κ3) is 4.93. The summed E-state index contributed by atoms with van der Waals surface area (Å²) in [6.07, 6.45) is 0.901. The Labute approximate surface area is 104 Å². The number of benzene rings is 1. The summed E-state index contributed by atoms with van der Waals surface area (Å²) in [6, 6.07) is 8.60. The van der Waals surface area contributed by atoms with Gasteiger partial charge in [-0.05, 0) is 38.5 Å². The molecule has 0 aromatic heterocycles. The van der Waals surface area contributed by atoms with Crippen molar-refractivity contribution in [3.8, 4) is 17.6 Å². The van der Waals surface area contributed by atoms with Gasteiger partial charge in [-0.25, -0.2) is 0 Å². The molecular formula is C15H21NO. The van der Waals surface area contributed by atoms with Crippen molar-refractivity contribution < 1.29 is 4.74 Å². The Kier molecular flexibility index (Phi) is 6.21. The minimum absolute atomic E-state index is 0.351. The van der Waals surface area contributed by atoms with Crippen LogP contribution in [0.2, 0.25) is 0 Å². The number of rotatable bonds is 6. The summed E-state index contributed by atoms with van der Waals surface area (Å²) in [6.45, 7) is 7.66. The van der Waals surface area contributed by atoms with E-state index in [4.69, 9.17) is 4.74 Å². The van der Waals surface area contributed by atoms with Crippen molar-refractivity contribution in [2.75, 3.05) is 13.2 Å². The lowest BCUT2D eigenvalue weighted by Gasteiger charge is -2.13. The summed E-state index contributed by atoms with van der Waals surface area (Å²) >= 11 is 0. The van der Waals surface area contributed by atoms with Crippen LogP contribution in [-0.4, -0.2) is 13.2 Å². The molecule has 0 aliphatic rings. The standard InChI is InChI=1S/C15H21NO/c1-4-6-7-12-16-13(3)14-8-10-15(11-9-14)17-5-2/h8-11,13,16H,5,7,12H2,1-3H3. The molecule has 0 spiro atoms. The van der Waals surface area contributed by atoms with Crippen molar-refractivity contribution in [2.24, 2.45) is 0 Å². The Morgan fingerprint density at radius 1 is 1.29 bits per heavy atom. The molecule has 0 radical (unpaired) electrons. The van der Waals surface area contributed by atoms with Crippen molar-refractivity contribution >= 4 is 0 Å². The van der Waals surface area contributed by atoms with E-state index >= 15 is 0 Å². The number of nitrogens with one attached hydrogen (secondary N) is 1. The predicted molar refractivity (Wildman–Crippen MR) is 72.1 cm³/mol. The highest BCUT2D eigenvalue weighted by atomic mass is 16.5. The molecule has 2 heteroatoms. The molecule has 1 rings (SSSR count). The van der Waals surface area contributed by atoms with Crippen LogP contribution in [0, 0.1) is 11.8 Å². The Hall–Kier alpha value is -1.46. The Bertz CT molecular complexity index is 372. The fourth-order valence-corrected chi connectivity index (χ4v) is 1.61. The lowest BCUT2D eigenvalue weighted by Crippen LogP contribution is -2.19. The molecule has 2 nitrogen and oxygen atoms in total. The van der Waals surface area contributed by atoms with E-state index < -0.39 is 0 Å². The van der Waals surface area contributed by atoms with Crippen LogP contribution in [0.5, 0.6) is 5.75 Å². The first-order chi connectivity index (χ1) is 8.27. The summed E-state index contributed by atoms with van der Waals surface area (Å²) in [5.41, 5.74) is 1.28. The van der Waals surface area contributed by atoms with E-state index in [1.807, 2.05) is 26.0 Å². The van der Waals surface area contributed by atoms with Gasteiger partial charge in [-0.3, -0.25) is 0 Å². The summed E-state index contributed by atoms with van der Waals surface area (Å²) in [5.74, 6) is 6.88. The average Bonchev–Trinajstić information content (AvgIpc) is 2.36. The lowest BCUT2D eigenvalue weighted by atomic mass is 10.1. The van der Waals surface area contributed by atoms with Crippen LogP contribution in [0.1, 0.15) is 38.8 Å². The highest BCUT2D eigenvalue weighted by molar-refractivity contribution is 5.28. The van der Waals surface area contributed by atoms with Gasteiger partial charge in [0.25, 0.3) is 0 Å². The molecule has 1 aromatic rings. The topological polar surface area (TPSA) is 21.3 Å². The van der Waals surface area contributed by atoms with Gasteiger partial charge in [0.05, 0.1) is 6.61 Å². The molecule has 0 heterocycles. The second-order valence-corrected chi connectivity index (χ2v) is 3.85. The molecule has 0 bridgehead atoms. The van der Waals surface area contributed by atoms with Gasteiger partial charge in [0.15, 0.2) is 0 Å². The fourth-order valence-electron chi connectivity index (χ4n) is 1.61. The summed E-state index contributed by atoms with van der Waals surface area (Å²) in [7, 11) is 0. The predicted octanol–water partition coefficient (Wildman–Crippen LogP) is 3.15. The minimum Gasteiger partial charge on any atom is -0.494 e. The zero-order valence-corrected chi connectivity index (χ0v) is 10.9. The fraction of sp³-hybridized carbons (Fsp3) is 0.467. The molecular weight excluding hydrogens is 210 g/mol. The zero-order valence-electron chi connectivity index (χ0n) is 10.9. The van der Waals surface area contributed by atoms with Gasteiger partial charge >= 0.3 is 0 Å². The summed E-state index contributed by atoms with van der Waals surface area (Å²) in [5, 5.41) is 3.44. The van der Waals surface area contributed by atoms with Crippen LogP contribution >= 0.6 is 0 Å². The van der Waals surface area contributed by atoms with Gasteiger partial charge in [-0.1, -0.05) is 12.1 Å². The Balaban J connectivity index is 2.44. The maximum absolute atomic E-state index is 5.41. The van der Waals surface area contributed by atoms with E-state index in [0.717, 1.165) is 18.7 Å². The molecule has 1 unspecified atom stereocenters. The van der Waals surface area contributed by atoms with Crippen molar-refractivity contribution in [1.29, 1.82) is 0 Å². The van der Waals surface area contributed by atoms with Crippen LogP contribution in [-0.2, 0) is 0 Å². The first-order valence-electron chi connectivity index (χ1n) is 6.13. The van der Waals surface area contributed by atoms with Crippen LogP contribution < -0.4 is 10.1 Å². The molecule has 17 heavy (non-hydrogen) atoms. The van der Waals surface area contributed by atoms with Crippen LogP contribution in [0.4, 0.5) is 0 Å². The van der Waals surface area contributed by atoms with Gasteiger partial charge in [0.1, 0.15) is 5.75 Å². The lowest BCUT2D eigenvalue weighted by molar-refractivity contribution is 0.340. The molecule has 92 valence electrons. The molecule has 0 saturated heterocycles. The monoisotopic (exact) mass is 231 g/mol. The SMILES string of the molecule is CC#CCCNC(C)c1ccc(OCC)cc1. The second-order valence-electron chi connectivity index (χ2n) is 3.85. The quantitative estimate of drug-likeness (QED) is 0.600. The van der Waals surface area contributed by atoms with E-state index in [9.17, 15) is 0 Å². The van der Waals surface area contributed by atoms with Crippen molar-refractivity contribution in [2.45, 2.75) is 33.2 Å². The van der Waals surface area contributed by atoms with E-state index in [1.165, 1.54) is 5.56 Å². The Morgan fingerprint density at radius 2 is 2.00 bits per heavy atom. The largest absolute Gasteiger partial charge is 0.494 e. The van der Waals surface area contributed by atoms with Crippen LogP contribution in [0.3, 0.4) is 0 Å².